The van der Waals surface area contributed by atoms with E-state index in [0.717, 1.165) is 9.88 Å². The lowest BCUT2D eigenvalue weighted by molar-refractivity contribution is 0.629. The summed E-state index contributed by atoms with van der Waals surface area (Å²) in [6.45, 7) is 1.98. The molecule has 1 aromatic carbocycles. The predicted octanol–water partition coefficient (Wildman–Crippen LogP) is 3.38. The monoisotopic (exact) mass is 299 g/mol. The molecule has 3 heterocycles. The third-order valence-corrected chi connectivity index (χ3v) is 4.42. The van der Waals surface area contributed by atoms with Crippen molar-refractivity contribution < 1.29 is 4.39 Å². The van der Waals surface area contributed by atoms with Gasteiger partial charge in [0.1, 0.15) is 10.8 Å². The van der Waals surface area contributed by atoms with Gasteiger partial charge in [-0.2, -0.15) is 0 Å². The van der Waals surface area contributed by atoms with Crippen LogP contribution in [0.15, 0.2) is 41.3 Å². The lowest BCUT2D eigenvalue weighted by atomic mass is 10.2. The van der Waals surface area contributed by atoms with E-state index in [2.05, 4.69) is 10.1 Å². The minimum atomic E-state index is -0.350. The first-order valence-electron chi connectivity index (χ1n) is 6.39. The Morgan fingerprint density at radius 3 is 2.86 bits per heavy atom. The fourth-order valence-electron chi connectivity index (χ4n) is 2.43. The number of rotatable bonds is 1. The van der Waals surface area contributed by atoms with Crippen molar-refractivity contribution in [2.75, 3.05) is 0 Å². The van der Waals surface area contributed by atoms with Gasteiger partial charge in [0.2, 0.25) is 0 Å². The van der Waals surface area contributed by atoms with E-state index in [1.165, 1.54) is 34.3 Å². The molecule has 3 aromatic heterocycles. The maximum absolute atomic E-state index is 13.5. The average molecular weight is 299 g/mol. The van der Waals surface area contributed by atoms with Crippen LogP contribution in [0.25, 0.3) is 26.8 Å². The van der Waals surface area contributed by atoms with Crippen molar-refractivity contribution in [2.45, 2.75) is 6.92 Å². The quantitative estimate of drug-likeness (QED) is 0.586. The molecule has 0 bridgehead atoms. The van der Waals surface area contributed by atoms with Crippen LogP contribution in [0.2, 0.25) is 0 Å². The molecule has 6 heteroatoms. The van der Waals surface area contributed by atoms with Crippen LogP contribution in [0.1, 0.15) is 4.88 Å². The van der Waals surface area contributed by atoms with E-state index in [0.29, 0.717) is 21.8 Å². The van der Waals surface area contributed by atoms with Crippen LogP contribution < -0.4 is 5.56 Å². The molecule has 0 aliphatic rings. The molecule has 0 atom stereocenters. The van der Waals surface area contributed by atoms with E-state index in [9.17, 15) is 9.18 Å². The van der Waals surface area contributed by atoms with E-state index >= 15 is 0 Å². The highest BCUT2D eigenvalue weighted by atomic mass is 32.1. The summed E-state index contributed by atoms with van der Waals surface area (Å²) in [7, 11) is 0. The van der Waals surface area contributed by atoms with Gasteiger partial charge in [0.05, 0.1) is 16.4 Å². The van der Waals surface area contributed by atoms with Crippen LogP contribution >= 0.6 is 11.3 Å². The highest BCUT2D eigenvalue weighted by molar-refractivity contribution is 7.14. The first kappa shape index (κ1) is 12.3. The molecule has 0 saturated heterocycles. The molecule has 0 fully saturated rings. The van der Waals surface area contributed by atoms with Crippen LogP contribution in [0, 0.1) is 12.7 Å². The minimum absolute atomic E-state index is 0.175. The molecular weight excluding hydrogens is 289 g/mol. The van der Waals surface area contributed by atoms with Crippen LogP contribution in [-0.4, -0.2) is 14.8 Å². The Hall–Kier alpha value is -2.47. The topological polar surface area (TPSA) is 50.7 Å². The summed E-state index contributed by atoms with van der Waals surface area (Å²) < 4.78 is 15.0. The van der Waals surface area contributed by atoms with E-state index in [-0.39, 0.29) is 11.4 Å². The normalized spacial score (nSPS) is 11.5. The lowest BCUT2D eigenvalue weighted by Gasteiger charge is -1.98. The van der Waals surface area contributed by atoms with Crippen LogP contribution in [0.3, 0.4) is 0 Å². The van der Waals surface area contributed by atoms with Crippen molar-refractivity contribution in [2.24, 2.45) is 0 Å². The zero-order valence-electron chi connectivity index (χ0n) is 11.1. The number of fused-ring (bicyclic) bond motifs is 3. The summed E-state index contributed by atoms with van der Waals surface area (Å²) in [6.07, 6.45) is 1.53. The fourth-order valence-corrected chi connectivity index (χ4v) is 3.25. The maximum Gasteiger partial charge on any atom is 0.281 e. The van der Waals surface area contributed by atoms with Crippen molar-refractivity contribution in [3.63, 3.8) is 0 Å². The standard InChI is InChI=1S/C15H10FN3OS/c1-8-2-5-13(21-8)19-15(20)11-7-17-12-4-3-9(16)6-10(12)14(11)18-19/h2-7,18H,1H3. The molecule has 0 spiro atoms. The van der Waals surface area contributed by atoms with Gasteiger partial charge >= 0.3 is 0 Å². The number of thiophene rings is 1. The van der Waals surface area contributed by atoms with Crippen molar-refractivity contribution in [3.05, 3.63) is 57.6 Å². The zero-order chi connectivity index (χ0) is 14.6. The van der Waals surface area contributed by atoms with Crippen molar-refractivity contribution in [1.82, 2.24) is 14.8 Å². The summed E-state index contributed by atoms with van der Waals surface area (Å²) >= 11 is 1.52. The van der Waals surface area contributed by atoms with E-state index in [1.807, 2.05) is 19.1 Å². The number of H-pyrrole nitrogens is 1. The second kappa shape index (κ2) is 4.26. The fraction of sp³-hybridized carbons (Fsp3) is 0.0667. The number of nitrogens with one attached hydrogen (secondary N) is 1. The Kier molecular flexibility index (Phi) is 2.49. The number of nitrogens with zero attached hydrogens (tertiary/aromatic N) is 2. The van der Waals surface area contributed by atoms with Crippen molar-refractivity contribution >= 4 is 33.1 Å². The summed E-state index contributed by atoms with van der Waals surface area (Å²) in [5.41, 5.74) is 1.08. The smallest absolute Gasteiger partial charge is 0.281 e. The molecule has 21 heavy (non-hydrogen) atoms. The summed E-state index contributed by atoms with van der Waals surface area (Å²) in [6, 6.07) is 8.19. The van der Waals surface area contributed by atoms with Gasteiger partial charge in [-0.3, -0.25) is 14.9 Å². The predicted molar refractivity (Wildman–Crippen MR) is 81.8 cm³/mol. The molecule has 0 amide bonds. The lowest BCUT2D eigenvalue weighted by Crippen LogP contribution is -2.12. The SMILES string of the molecule is Cc1ccc(-n2[nH]c3c(cnc4ccc(F)cc43)c2=O)s1. The number of halogens is 1. The molecule has 0 radical (unpaired) electrons. The molecule has 4 aromatic rings. The molecule has 4 nitrogen and oxygen atoms in total. The molecule has 104 valence electrons. The maximum atomic E-state index is 13.5. The van der Waals surface area contributed by atoms with Crippen molar-refractivity contribution in [1.29, 1.82) is 0 Å². The number of benzene rings is 1. The van der Waals surface area contributed by atoms with Gasteiger partial charge in [-0.1, -0.05) is 0 Å². The van der Waals surface area contributed by atoms with Crippen LogP contribution in [0.5, 0.6) is 0 Å². The number of aromatic amines is 1. The number of hydrogen-bond acceptors (Lipinski definition) is 3. The Balaban J connectivity index is 2.12. The highest BCUT2D eigenvalue weighted by Crippen LogP contribution is 2.23. The van der Waals surface area contributed by atoms with Gasteiger partial charge in [0, 0.05) is 16.5 Å². The molecule has 4 rings (SSSR count). The van der Waals surface area contributed by atoms with E-state index in [4.69, 9.17) is 0 Å². The van der Waals surface area contributed by atoms with Gasteiger partial charge < -0.3 is 0 Å². The molecule has 0 aliphatic carbocycles. The summed E-state index contributed by atoms with van der Waals surface area (Å²) in [5, 5.41) is 4.94. The second-order valence-electron chi connectivity index (χ2n) is 4.84. The Bertz CT molecular complexity index is 1040. The second-order valence-corrected chi connectivity index (χ2v) is 6.11. The number of aromatic nitrogens is 3. The molecule has 0 saturated carbocycles. The van der Waals surface area contributed by atoms with Gasteiger partial charge in [0.25, 0.3) is 5.56 Å². The van der Waals surface area contributed by atoms with Gasteiger partial charge in [0.15, 0.2) is 0 Å². The summed E-state index contributed by atoms with van der Waals surface area (Å²) in [4.78, 5) is 17.8. The summed E-state index contributed by atoms with van der Waals surface area (Å²) in [5.74, 6) is -0.350. The zero-order valence-corrected chi connectivity index (χ0v) is 11.9. The molecule has 0 aliphatic heterocycles. The van der Waals surface area contributed by atoms with Crippen LogP contribution in [0.4, 0.5) is 4.39 Å². The van der Waals surface area contributed by atoms with Crippen LogP contribution in [-0.2, 0) is 0 Å². The first-order chi connectivity index (χ1) is 10.1. The third-order valence-electron chi connectivity index (χ3n) is 3.43. The van der Waals surface area contributed by atoms with E-state index in [1.54, 1.807) is 6.07 Å². The Morgan fingerprint density at radius 1 is 1.24 bits per heavy atom. The Morgan fingerprint density at radius 2 is 2.10 bits per heavy atom. The molecule has 0 unspecified atom stereocenters. The molecular formula is C15H10FN3OS. The highest BCUT2D eigenvalue weighted by Gasteiger charge is 2.13. The first-order valence-corrected chi connectivity index (χ1v) is 7.21. The largest absolute Gasteiger partial charge is 0.289 e. The van der Waals surface area contributed by atoms with E-state index < -0.39 is 0 Å². The average Bonchev–Trinajstić information content (AvgIpc) is 3.03. The third kappa shape index (κ3) is 1.80. The number of aryl methyl sites for hydroxylation is 1. The van der Waals surface area contributed by atoms with Gasteiger partial charge in [-0.15, -0.1) is 11.3 Å². The minimum Gasteiger partial charge on any atom is -0.289 e. The van der Waals surface area contributed by atoms with Gasteiger partial charge in [-0.25, -0.2) is 9.07 Å². The Labute approximate surface area is 122 Å². The number of hydrogen-bond donors (Lipinski definition) is 1. The molecule has 1 N–H and O–H groups in total. The number of pyridine rings is 1. The van der Waals surface area contributed by atoms with Crippen molar-refractivity contribution in [3.8, 4) is 5.00 Å². The van der Waals surface area contributed by atoms with Gasteiger partial charge in [-0.05, 0) is 37.3 Å².